The lowest BCUT2D eigenvalue weighted by molar-refractivity contribution is 0.554. The van der Waals surface area contributed by atoms with Gasteiger partial charge in [0.15, 0.2) is 0 Å². The second kappa shape index (κ2) is 5.07. The minimum Gasteiger partial charge on any atom is -0.314 e. The van der Waals surface area contributed by atoms with Crippen LogP contribution in [-0.4, -0.2) is 12.6 Å². The highest BCUT2D eigenvalue weighted by atomic mass is 79.9. The summed E-state index contributed by atoms with van der Waals surface area (Å²) < 4.78 is 1.19. The Morgan fingerprint density at radius 1 is 1.50 bits per heavy atom. The van der Waals surface area contributed by atoms with Gasteiger partial charge in [-0.2, -0.15) is 0 Å². The molecule has 3 heteroatoms. The fourth-order valence-corrected chi connectivity index (χ4v) is 2.76. The summed E-state index contributed by atoms with van der Waals surface area (Å²) >= 11 is 9.63. The molecule has 88 valence electrons. The van der Waals surface area contributed by atoms with Crippen molar-refractivity contribution in [2.45, 2.75) is 32.2 Å². The highest BCUT2D eigenvalue weighted by Crippen LogP contribution is 2.49. The lowest BCUT2D eigenvalue weighted by atomic mass is 10.1. The summed E-state index contributed by atoms with van der Waals surface area (Å²) in [4.78, 5) is 0. The van der Waals surface area contributed by atoms with Crippen LogP contribution in [0.4, 0.5) is 0 Å². The molecule has 1 nitrogen and oxygen atoms in total. The molecule has 1 aliphatic rings. The maximum atomic E-state index is 6.03. The Kier molecular flexibility index (Phi) is 3.93. The number of hydrogen-bond donors (Lipinski definition) is 1. The quantitative estimate of drug-likeness (QED) is 0.879. The van der Waals surface area contributed by atoms with Crippen LogP contribution in [0.25, 0.3) is 0 Å². The van der Waals surface area contributed by atoms with Crippen LogP contribution in [0.2, 0.25) is 5.02 Å². The minimum atomic E-state index is 0.573. The maximum Gasteiger partial charge on any atom is 0.0409 e. The molecule has 0 radical (unpaired) electrons. The number of rotatable bonds is 4. The van der Waals surface area contributed by atoms with E-state index in [4.69, 9.17) is 11.6 Å². The highest BCUT2D eigenvalue weighted by Gasteiger charge is 2.38. The maximum absolute atomic E-state index is 6.03. The van der Waals surface area contributed by atoms with E-state index in [1.54, 1.807) is 0 Å². The first-order valence-corrected chi connectivity index (χ1v) is 6.93. The van der Waals surface area contributed by atoms with E-state index >= 15 is 0 Å². The molecule has 0 saturated heterocycles. The Hall–Kier alpha value is -0.0500. The summed E-state index contributed by atoms with van der Waals surface area (Å²) in [6.07, 6.45) is 1.28. The molecule has 1 saturated carbocycles. The van der Waals surface area contributed by atoms with Crippen molar-refractivity contribution >= 4 is 27.5 Å². The smallest absolute Gasteiger partial charge is 0.0409 e. The lowest BCUT2D eigenvalue weighted by Crippen LogP contribution is -2.25. The van der Waals surface area contributed by atoms with Gasteiger partial charge < -0.3 is 5.32 Å². The topological polar surface area (TPSA) is 12.0 Å². The van der Waals surface area contributed by atoms with Crippen LogP contribution in [0, 0.1) is 5.92 Å². The van der Waals surface area contributed by atoms with E-state index in [0.29, 0.717) is 12.0 Å². The summed E-state index contributed by atoms with van der Waals surface area (Å²) in [6.45, 7) is 5.49. The molecule has 1 aliphatic carbocycles. The predicted octanol–water partition coefficient (Wildman–Crippen LogP) is 4.20. The van der Waals surface area contributed by atoms with Gasteiger partial charge in [0, 0.05) is 15.5 Å². The highest BCUT2D eigenvalue weighted by molar-refractivity contribution is 9.10. The van der Waals surface area contributed by atoms with Gasteiger partial charge in [0.05, 0.1) is 0 Å². The summed E-state index contributed by atoms with van der Waals surface area (Å²) in [5.41, 5.74) is 1.36. The fraction of sp³-hybridized carbons (Fsp3) is 0.538. The normalized spacial score (nSPS) is 23.8. The third-order valence-corrected chi connectivity index (χ3v) is 4.03. The molecule has 1 aromatic rings. The third kappa shape index (κ3) is 2.99. The Labute approximate surface area is 111 Å². The van der Waals surface area contributed by atoms with Crippen molar-refractivity contribution in [2.75, 3.05) is 6.54 Å². The molecule has 16 heavy (non-hydrogen) atoms. The third-order valence-electron chi connectivity index (χ3n) is 3.07. The first kappa shape index (κ1) is 12.4. The van der Waals surface area contributed by atoms with Gasteiger partial charge in [0.1, 0.15) is 0 Å². The zero-order chi connectivity index (χ0) is 11.7. The van der Waals surface area contributed by atoms with Crippen molar-refractivity contribution in [1.82, 2.24) is 5.32 Å². The van der Waals surface area contributed by atoms with E-state index in [9.17, 15) is 0 Å². The molecular weight excluding hydrogens is 286 g/mol. The summed E-state index contributed by atoms with van der Waals surface area (Å²) in [5, 5.41) is 4.33. The van der Waals surface area contributed by atoms with Crippen molar-refractivity contribution in [1.29, 1.82) is 0 Å². The van der Waals surface area contributed by atoms with Crippen molar-refractivity contribution in [3.63, 3.8) is 0 Å². The number of halogens is 2. The van der Waals surface area contributed by atoms with Crippen molar-refractivity contribution in [2.24, 2.45) is 5.92 Å². The zero-order valence-corrected chi connectivity index (χ0v) is 12.0. The van der Waals surface area contributed by atoms with Crippen molar-refractivity contribution in [3.8, 4) is 0 Å². The molecule has 0 spiro atoms. The van der Waals surface area contributed by atoms with Gasteiger partial charge >= 0.3 is 0 Å². The molecular formula is C13H17BrClN. The average Bonchev–Trinajstić information content (AvgIpc) is 2.98. The lowest BCUT2D eigenvalue weighted by Gasteiger charge is -2.08. The van der Waals surface area contributed by atoms with E-state index < -0.39 is 0 Å². The van der Waals surface area contributed by atoms with Gasteiger partial charge in [0.2, 0.25) is 0 Å². The first-order valence-electron chi connectivity index (χ1n) is 5.76. The Morgan fingerprint density at radius 3 is 2.94 bits per heavy atom. The average molecular weight is 303 g/mol. The molecule has 2 rings (SSSR count). The molecule has 0 amide bonds. The second-order valence-corrected chi connectivity index (χ2v) is 6.12. The SMILES string of the molecule is CC(C)NCC1CC1c1cc(Cl)ccc1Br. The van der Waals surface area contributed by atoms with E-state index in [2.05, 4.69) is 41.2 Å². The van der Waals surface area contributed by atoms with Gasteiger partial charge in [-0.25, -0.2) is 0 Å². The van der Waals surface area contributed by atoms with Gasteiger partial charge in [-0.1, -0.05) is 41.4 Å². The summed E-state index contributed by atoms with van der Waals surface area (Å²) in [5.74, 6) is 1.46. The summed E-state index contributed by atoms with van der Waals surface area (Å²) in [6, 6.07) is 6.64. The van der Waals surface area contributed by atoms with Crippen molar-refractivity contribution in [3.05, 3.63) is 33.3 Å². The second-order valence-electron chi connectivity index (χ2n) is 4.83. The molecule has 0 heterocycles. The molecule has 1 aromatic carbocycles. The van der Waals surface area contributed by atoms with Gasteiger partial charge in [0.25, 0.3) is 0 Å². The summed E-state index contributed by atoms with van der Waals surface area (Å²) in [7, 11) is 0. The van der Waals surface area contributed by atoms with E-state index in [0.717, 1.165) is 17.5 Å². The van der Waals surface area contributed by atoms with Gasteiger partial charge in [-0.05, 0) is 48.6 Å². The molecule has 0 aliphatic heterocycles. The Morgan fingerprint density at radius 2 is 2.25 bits per heavy atom. The van der Waals surface area contributed by atoms with E-state index in [1.165, 1.54) is 16.5 Å². The molecule has 2 unspecified atom stereocenters. The van der Waals surface area contributed by atoms with Crippen LogP contribution in [-0.2, 0) is 0 Å². The van der Waals surface area contributed by atoms with Crippen LogP contribution in [0.1, 0.15) is 31.7 Å². The van der Waals surface area contributed by atoms with Gasteiger partial charge in [-0.3, -0.25) is 0 Å². The molecule has 2 atom stereocenters. The van der Waals surface area contributed by atoms with Crippen molar-refractivity contribution < 1.29 is 0 Å². The van der Waals surface area contributed by atoms with Crippen LogP contribution in [0.3, 0.4) is 0 Å². The molecule has 1 fully saturated rings. The first-order chi connectivity index (χ1) is 7.58. The van der Waals surface area contributed by atoms with E-state index in [1.807, 2.05) is 12.1 Å². The van der Waals surface area contributed by atoms with Gasteiger partial charge in [-0.15, -0.1) is 0 Å². The Bertz CT molecular complexity index is 378. The van der Waals surface area contributed by atoms with Crippen LogP contribution in [0.15, 0.2) is 22.7 Å². The number of nitrogens with one attached hydrogen (secondary N) is 1. The molecule has 0 bridgehead atoms. The fourth-order valence-electron chi connectivity index (χ4n) is 2.04. The van der Waals surface area contributed by atoms with Crippen LogP contribution >= 0.6 is 27.5 Å². The number of benzene rings is 1. The van der Waals surface area contributed by atoms with Crippen LogP contribution < -0.4 is 5.32 Å². The van der Waals surface area contributed by atoms with E-state index in [-0.39, 0.29) is 0 Å². The predicted molar refractivity (Wildman–Crippen MR) is 73.1 cm³/mol. The van der Waals surface area contributed by atoms with Crippen LogP contribution in [0.5, 0.6) is 0 Å². The largest absolute Gasteiger partial charge is 0.314 e. The standard InChI is InChI=1S/C13H17BrClN/c1-8(2)16-7-9-5-11(9)12-6-10(15)3-4-13(12)14/h3-4,6,8-9,11,16H,5,7H2,1-2H3. The number of hydrogen-bond acceptors (Lipinski definition) is 1. The molecule has 0 aromatic heterocycles. The molecule has 1 N–H and O–H groups in total. The monoisotopic (exact) mass is 301 g/mol. The zero-order valence-electron chi connectivity index (χ0n) is 9.63. The Balaban J connectivity index is 1.97. The minimum absolute atomic E-state index is 0.573.